The van der Waals surface area contributed by atoms with Crippen molar-refractivity contribution in [2.45, 2.75) is 39.7 Å². The van der Waals surface area contributed by atoms with Crippen molar-refractivity contribution >= 4 is 17.4 Å². The average molecular weight is 268 g/mol. The van der Waals surface area contributed by atoms with Crippen LogP contribution in [-0.4, -0.2) is 29.8 Å². The maximum Gasteiger partial charge on any atom is 0.165 e. The lowest BCUT2D eigenvalue weighted by atomic mass is 10.1. The van der Waals surface area contributed by atoms with Crippen LogP contribution >= 0.6 is 11.6 Å². The van der Waals surface area contributed by atoms with E-state index in [-0.39, 0.29) is 5.78 Å². The molecule has 18 heavy (non-hydrogen) atoms. The fourth-order valence-corrected chi connectivity index (χ4v) is 2.26. The smallest absolute Gasteiger partial charge is 0.165 e. The van der Waals surface area contributed by atoms with Crippen molar-refractivity contribution in [2.24, 2.45) is 0 Å². The quantitative estimate of drug-likeness (QED) is 0.695. The molecule has 0 amide bonds. The summed E-state index contributed by atoms with van der Waals surface area (Å²) in [7, 11) is 0. The molecule has 0 saturated heterocycles. The van der Waals surface area contributed by atoms with Gasteiger partial charge in [-0.2, -0.15) is 0 Å². The van der Waals surface area contributed by atoms with Crippen LogP contribution in [-0.2, 0) is 0 Å². The van der Waals surface area contributed by atoms with Crippen molar-refractivity contribution in [3.8, 4) is 0 Å². The van der Waals surface area contributed by atoms with Crippen molar-refractivity contribution in [3.63, 3.8) is 0 Å². The van der Waals surface area contributed by atoms with Crippen LogP contribution < -0.4 is 0 Å². The Morgan fingerprint density at radius 2 is 2.00 bits per heavy atom. The molecule has 0 N–H and O–H groups in total. The molecule has 0 saturated carbocycles. The maximum absolute atomic E-state index is 12.1. The van der Waals surface area contributed by atoms with Crippen LogP contribution in [0.1, 0.15) is 44.0 Å². The van der Waals surface area contributed by atoms with Crippen molar-refractivity contribution < 1.29 is 4.79 Å². The summed E-state index contributed by atoms with van der Waals surface area (Å²) in [6.07, 6.45) is 1.63. The topological polar surface area (TPSA) is 20.3 Å². The van der Waals surface area contributed by atoms with Crippen LogP contribution in [0.4, 0.5) is 0 Å². The second-order valence-corrected chi connectivity index (χ2v) is 4.95. The standard InChI is InChI=1S/C15H22ClNO/c1-4-12(3)17(5-2)11-10-15(18)13-8-6-7-9-14(13)16/h6-9,12H,4-5,10-11H2,1-3H3. The number of hydrogen-bond donors (Lipinski definition) is 0. The predicted octanol–water partition coefficient (Wildman–Crippen LogP) is 4.03. The van der Waals surface area contributed by atoms with E-state index in [0.29, 0.717) is 23.0 Å². The van der Waals surface area contributed by atoms with Gasteiger partial charge >= 0.3 is 0 Å². The molecule has 0 aliphatic rings. The number of hydrogen-bond acceptors (Lipinski definition) is 2. The monoisotopic (exact) mass is 267 g/mol. The Bertz CT molecular complexity index is 392. The Kier molecular flexibility index (Phi) is 6.37. The summed E-state index contributed by atoms with van der Waals surface area (Å²) in [5.41, 5.74) is 0.638. The average Bonchev–Trinajstić information content (AvgIpc) is 2.39. The van der Waals surface area contributed by atoms with Gasteiger partial charge in [0.25, 0.3) is 0 Å². The molecule has 0 fully saturated rings. The molecule has 1 aromatic carbocycles. The molecule has 0 aromatic heterocycles. The highest BCUT2D eigenvalue weighted by molar-refractivity contribution is 6.33. The minimum absolute atomic E-state index is 0.127. The Morgan fingerprint density at radius 1 is 1.33 bits per heavy atom. The van der Waals surface area contributed by atoms with Crippen molar-refractivity contribution in [1.29, 1.82) is 0 Å². The highest BCUT2D eigenvalue weighted by Crippen LogP contribution is 2.17. The Labute approximate surface area is 115 Å². The van der Waals surface area contributed by atoms with E-state index in [1.54, 1.807) is 12.1 Å². The lowest BCUT2D eigenvalue weighted by Gasteiger charge is -2.26. The normalized spacial score (nSPS) is 12.7. The first kappa shape index (κ1) is 15.2. The lowest BCUT2D eigenvalue weighted by Crippen LogP contribution is -2.34. The van der Waals surface area contributed by atoms with Gasteiger partial charge in [0.05, 0.1) is 5.02 Å². The molecule has 1 unspecified atom stereocenters. The molecule has 0 aliphatic carbocycles. The molecule has 0 bridgehead atoms. The SMILES string of the molecule is CCC(C)N(CC)CCC(=O)c1ccccc1Cl. The fourth-order valence-electron chi connectivity index (χ4n) is 2.02. The van der Waals surface area contributed by atoms with E-state index in [1.165, 1.54) is 0 Å². The van der Waals surface area contributed by atoms with Crippen LogP contribution in [0.3, 0.4) is 0 Å². The molecule has 0 radical (unpaired) electrons. The number of carbonyl (C=O) groups excluding carboxylic acids is 1. The zero-order valence-corrected chi connectivity index (χ0v) is 12.2. The molecule has 1 atom stereocenters. The number of halogens is 1. The molecule has 0 spiro atoms. The molecule has 1 aromatic rings. The summed E-state index contributed by atoms with van der Waals surface area (Å²) < 4.78 is 0. The van der Waals surface area contributed by atoms with Gasteiger partial charge in [-0.1, -0.05) is 37.6 Å². The minimum Gasteiger partial charge on any atom is -0.300 e. The number of benzene rings is 1. The van der Waals surface area contributed by atoms with Gasteiger partial charge in [-0.3, -0.25) is 4.79 Å². The maximum atomic E-state index is 12.1. The minimum atomic E-state index is 0.127. The lowest BCUT2D eigenvalue weighted by molar-refractivity contribution is 0.0954. The van der Waals surface area contributed by atoms with Gasteiger partial charge < -0.3 is 4.90 Å². The number of rotatable bonds is 7. The van der Waals surface area contributed by atoms with Crippen molar-refractivity contribution in [3.05, 3.63) is 34.9 Å². The molecular weight excluding hydrogens is 246 g/mol. The van der Waals surface area contributed by atoms with E-state index >= 15 is 0 Å². The summed E-state index contributed by atoms with van der Waals surface area (Å²) in [6.45, 7) is 8.28. The summed E-state index contributed by atoms with van der Waals surface area (Å²) >= 11 is 6.02. The molecule has 0 aliphatic heterocycles. The third kappa shape index (κ3) is 4.11. The Balaban J connectivity index is 2.58. The van der Waals surface area contributed by atoms with E-state index in [4.69, 9.17) is 11.6 Å². The Morgan fingerprint density at radius 3 is 2.56 bits per heavy atom. The van der Waals surface area contributed by atoms with Crippen LogP contribution in [0.25, 0.3) is 0 Å². The van der Waals surface area contributed by atoms with Gasteiger partial charge in [0, 0.05) is 24.6 Å². The zero-order chi connectivity index (χ0) is 13.5. The first-order valence-corrected chi connectivity index (χ1v) is 6.99. The van der Waals surface area contributed by atoms with Crippen LogP contribution in [0.2, 0.25) is 5.02 Å². The highest BCUT2D eigenvalue weighted by atomic mass is 35.5. The van der Waals surface area contributed by atoms with Gasteiger partial charge in [0.15, 0.2) is 5.78 Å². The van der Waals surface area contributed by atoms with Gasteiger partial charge in [0.2, 0.25) is 0 Å². The van der Waals surface area contributed by atoms with E-state index < -0.39 is 0 Å². The van der Waals surface area contributed by atoms with Crippen LogP contribution in [0, 0.1) is 0 Å². The number of Topliss-reactive ketones (excluding diaryl/α,β-unsaturated/α-hetero) is 1. The third-order valence-corrected chi connectivity index (χ3v) is 3.75. The molecule has 100 valence electrons. The first-order valence-electron chi connectivity index (χ1n) is 6.61. The highest BCUT2D eigenvalue weighted by Gasteiger charge is 2.14. The van der Waals surface area contributed by atoms with Gasteiger partial charge in [-0.25, -0.2) is 0 Å². The predicted molar refractivity (Wildman–Crippen MR) is 77.4 cm³/mol. The molecule has 1 rings (SSSR count). The summed E-state index contributed by atoms with van der Waals surface area (Å²) in [4.78, 5) is 14.4. The van der Waals surface area contributed by atoms with Gasteiger partial charge in [0.1, 0.15) is 0 Å². The third-order valence-electron chi connectivity index (χ3n) is 3.42. The number of ketones is 1. The molecule has 0 heterocycles. The first-order chi connectivity index (χ1) is 8.60. The summed E-state index contributed by atoms with van der Waals surface area (Å²) in [6, 6.07) is 7.78. The second-order valence-electron chi connectivity index (χ2n) is 4.54. The zero-order valence-electron chi connectivity index (χ0n) is 11.4. The fraction of sp³-hybridized carbons (Fsp3) is 0.533. The largest absolute Gasteiger partial charge is 0.300 e. The van der Waals surface area contributed by atoms with E-state index in [0.717, 1.165) is 19.5 Å². The molecule has 2 nitrogen and oxygen atoms in total. The van der Waals surface area contributed by atoms with Gasteiger partial charge in [-0.15, -0.1) is 0 Å². The van der Waals surface area contributed by atoms with E-state index in [2.05, 4.69) is 25.7 Å². The van der Waals surface area contributed by atoms with Gasteiger partial charge in [-0.05, 0) is 32.0 Å². The summed E-state index contributed by atoms with van der Waals surface area (Å²) in [5.74, 6) is 0.127. The van der Waals surface area contributed by atoms with E-state index in [1.807, 2.05) is 12.1 Å². The molecular formula is C15H22ClNO. The second kappa shape index (κ2) is 7.55. The van der Waals surface area contributed by atoms with Crippen LogP contribution in [0.15, 0.2) is 24.3 Å². The van der Waals surface area contributed by atoms with Crippen molar-refractivity contribution in [2.75, 3.05) is 13.1 Å². The summed E-state index contributed by atoms with van der Waals surface area (Å²) in [5, 5.41) is 0.550. The number of carbonyl (C=O) groups is 1. The molecule has 3 heteroatoms. The van der Waals surface area contributed by atoms with E-state index in [9.17, 15) is 4.79 Å². The van der Waals surface area contributed by atoms with Crippen LogP contribution in [0.5, 0.6) is 0 Å². The Hall–Kier alpha value is -0.860. The van der Waals surface area contributed by atoms with Crippen molar-refractivity contribution in [1.82, 2.24) is 4.90 Å². The number of nitrogens with zero attached hydrogens (tertiary/aromatic N) is 1.